The minimum absolute atomic E-state index is 0.138. The number of carbonyl (C=O) groups excluding carboxylic acids is 1. The molecule has 2 aromatic rings. The fraction of sp³-hybridized carbons (Fsp3) is 0.250. The number of carbonyl (C=O) groups is 1. The highest BCUT2D eigenvalue weighted by molar-refractivity contribution is 7.90. The standard InChI is InChI=1S/C12H13N3O3S2/c1-8-11(19-15-14-8)12(16)13-7-9-5-3-4-6-10(9)20(2,17)18/h3-6H,7H2,1-2H3,(H,13,16). The number of aryl methyl sites for hydroxylation is 1. The molecule has 0 spiro atoms. The lowest BCUT2D eigenvalue weighted by Gasteiger charge is -2.08. The van der Waals surface area contributed by atoms with Crippen LogP contribution in [-0.4, -0.2) is 30.2 Å². The molecule has 8 heteroatoms. The lowest BCUT2D eigenvalue weighted by atomic mass is 10.2. The number of nitrogens with one attached hydrogen (secondary N) is 1. The zero-order valence-corrected chi connectivity index (χ0v) is 12.6. The first-order valence-electron chi connectivity index (χ1n) is 5.74. The summed E-state index contributed by atoms with van der Waals surface area (Å²) in [6.45, 7) is 1.84. The maximum absolute atomic E-state index is 11.9. The van der Waals surface area contributed by atoms with Crippen molar-refractivity contribution in [3.8, 4) is 0 Å². The van der Waals surface area contributed by atoms with Gasteiger partial charge in [-0.1, -0.05) is 22.7 Å². The fourth-order valence-corrected chi connectivity index (χ4v) is 3.22. The Morgan fingerprint density at radius 2 is 2.05 bits per heavy atom. The van der Waals surface area contributed by atoms with Gasteiger partial charge in [0, 0.05) is 12.8 Å². The average molecular weight is 311 g/mol. The number of nitrogens with zero attached hydrogens (tertiary/aromatic N) is 2. The Balaban J connectivity index is 2.17. The summed E-state index contributed by atoms with van der Waals surface area (Å²) in [5.41, 5.74) is 1.11. The molecular weight excluding hydrogens is 298 g/mol. The molecule has 0 aliphatic heterocycles. The normalized spacial score (nSPS) is 11.3. The maximum Gasteiger partial charge on any atom is 0.265 e. The molecule has 0 unspecified atom stereocenters. The molecule has 2 rings (SSSR count). The molecule has 6 nitrogen and oxygen atoms in total. The van der Waals surface area contributed by atoms with Crippen molar-refractivity contribution in [3.05, 3.63) is 40.4 Å². The number of benzene rings is 1. The van der Waals surface area contributed by atoms with Crippen LogP contribution < -0.4 is 5.32 Å². The number of hydrogen-bond donors (Lipinski definition) is 1. The number of sulfone groups is 1. The van der Waals surface area contributed by atoms with E-state index in [-0.39, 0.29) is 17.3 Å². The van der Waals surface area contributed by atoms with Crippen LogP contribution in [0.25, 0.3) is 0 Å². The van der Waals surface area contributed by atoms with E-state index in [1.54, 1.807) is 25.1 Å². The Hall–Kier alpha value is -1.80. The molecule has 106 valence electrons. The molecule has 0 radical (unpaired) electrons. The van der Waals surface area contributed by atoms with Crippen LogP contribution in [0.1, 0.15) is 20.9 Å². The van der Waals surface area contributed by atoms with E-state index in [4.69, 9.17) is 0 Å². The Morgan fingerprint density at radius 3 is 2.65 bits per heavy atom. The van der Waals surface area contributed by atoms with Crippen LogP contribution in [0.15, 0.2) is 29.2 Å². The van der Waals surface area contributed by atoms with Gasteiger partial charge in [-0.25, -0.2) is 8.42 Å². The number of aromatic nitrogens is 2. The first-order valence-corrected chi connectivity index (χ1v) is 8.41. The van der Waals surface area contributed by atoms with Gasteiger partial charge in [0.2, 0.25) is 0 Å². The third-order valence-electron chi connectivity index (χ3n) is 2.67. The monoisotopic (exact) mass is 311 g/mol. The van der Waals surface area contributed by atoms with E-state index in [1.165, 1.54) is 6.07 Å². The summed E-state index contributed by atoms with van der Waals surface area (Å²) in [7, 11) is -3.32. The van der Waals surface area contributed by atoms with Crippen LogP contribution in [0, 0.1) is 6.92 Å². The minimum Gasteiger partial charge on any atom is -0.347 e. The van der Waals surface area contributed by atoms with E-state index >= 15 is 0 Å². The first kappa shape index (κ1) is 14.6. The fourth-order valence-electron chi connectivity index (χ4n) is 1.71. The van der Waals surface area contributed by atoms with Crippen molar-refractivity contribution < 1.29 is 13.2 Å². The minimum atomic E-state index is -3.32. The molecule has 0 atom stereocenters. The van der Waals surface area contributed by atoms with Crippen LogP contribution in [-0.2, 0) is 16.4 Å². The van der Waals surface area contributed by atoms with Gasteiger partial charge < -0.3 is 5.32 Å². The summed E-state index contributed by atoms with van der Waals surface area (Å²) < 4.78 is 27.0. The third kappa shape index (κ3) is 3.20. The van der Waals surface area contributed by atoms with E-state index < -0.39 is 9.84 Å². The summed E-state index contributed by atoms with van der Waals surface area (Å²) in [5, 5.41) is 6.44. The van der Waals surface area contributed by atoms with E-state index in [1.807, 2.05) is 0 Å². The topological polar surface area (TPSA) is 89.0 Å². The van der Waals surface area contributed by atoms with E-state index in [2.05, 4.69) is 14.9 Å². The molecule has 1 aromatic carbocycles. The number of hydrogen-bond acceptors (Lipinski definition) is 6. The molecule has 1 heterocycles. The zero-order valence-electron chi connectivity index (χ0n) is 11.0. The van der Waals surface area contributed by atoms with E-state index in [0.717, 1.165) is 17.8 Å². The van der Waals surface area contributed by atoms with Gasteiger partial charge in [-0.15, -0.1) is 5.10 Å². The molecule has 1 amide bonds. The Kier molecular flexibility index (Phi) is 4.15. The van der Waals surface area contributed by atoms with E-state index in [0.29, 0.717) is 16.1 Å². The lowest BCUT2D eigenvalue weighted by Crippen LogP contribution is -2.23. The van der Waals surface area contributed by atoms with Gasteiger partial charge in [-0.05, 0) is 30.1 Å². The molecule has 0 saturated heterocycles. The van der Waals surface area contributed by atoms with Crippen molar-refractivity contribution in [3.63, 3.8) is 0 Å². The summed E-state index contributed by atoms with van der Waals surface area (Å²) in [6.07, 6.45) is 1.14. The van der Waals surface area contributed by atoms with E-state index in [9.17, 15) is 13.2 Å². The van der Waals surface area contributed by atoms with Crippen LogP contribution >= 0.6 is 11.5 Å². The predicted molar refractivity (Wildman–Crippen MR) is 75.4 cm³/mol. The molecular formula is C12H13N3O3S2. The lowest BCUT2D eigenvalue weighted by molar-refractivity contribution is 0.0954. The SMILES string of the molecule is Cc1nnsc1C(=O)NCc1ccccc1S(C)(=O)=O. The highest BCUT2D eigenvalue weighted by Crippen LogP contribution is 2.15. The molecule has 0 bridgehead atoms. The van der Waals surface area contributed by atoms with Gasteiger partial charge in [-0.3, -0.25) is 4.79 Å². The third-order valence-corrected chi connectivity index (χ3v) is 4.69. The van der Waals surface area contributed by atoms with Gasteiger partial charge in [-0.2, -0.15) is 0 Å². The van der Waals surface area contributed by atoms with Crippen LogP contribution in [0.5, 0.6) is 0 Å². The summed E-state index contributed by atoms with van der Waals surface area (Å²) in [5.74, 6) is -0.305. The molecule has 20 heavy (non-hydrogen) atoms. The quantitative estimate of drug-likeness (QED) is 0.916. The Labute approximate surface area is 120 Å². The molecule has 0 fully saturated rings. The van der Waals surface area contributed by atoms with Crippen LogP contribution in [0.2, 0.25) is 0 Å². The van der Waals surface area contributed by atoms with Crippen molar-refractivity contribution >= 4 is 27.3 Å². The van der Waals surface area contributed by atoms with Crippen molar-refractivity contribution in [2.24, 2.45) is 0 Å². The largest absolute Gasteiger partial charge is 0.347 e. The molecule has 1 N–H and O–H groups in total. The average Bonchev–Trinajstić information content (AvgIpc) is 2.81. The van der Waals surface area contributed by atoms with Crippen LogP contribution in [0.4, 0.5) is 0 Å². The maximum atomic E-state index is 11.9. The highest BCUT2D eigenvalue weighted by Gasteiger charge is 2.16. The van der Waals surface area contributed by atoms with Gasteiger partial charge in [0.25, 0.3) is 5.91 Å². The number of rotatable bonds is 4. The van der Waals surface area contributed by atoms with Gasteiger partial charge in [0.15, 0.2) is 9.84 Å². The molecule has 1 aromatic heterocycles. The zero-order chi connectivity index (χ0) is 14.8. The second-order valence-corrected chi connectivity index (χ2v) is 6.99. The smallest absolute Gasteiger partial charge is 0.265 e. The molecule has 0 saturated carbocycles. The van der Waals surface area contributed by atoms with Gasteiger partial charge in [0.05, 0.1) is 10.6 Å². The van der Waals surface area contributed by atoms with Crippen molar-refractivity contribution in [1.82, 2.24) is 14.9 Å². The van der Waals surface area contributed by atoms with Crippen molar-refractivity contribution in [1.29, 1.82) is 0 Å². The first-order chi connectivity index (χ1) is 9.39. The molecule has 0 aliphatic rings. The second kappa shape index (κ2) is 5.68. The van der Waals surface area contributed by atoms with Crippen molar-refractivity contribution in [2.75, 3.05) is 6.26 Å². The van der Waals surface area contributed by atoms with Gasteiger partial charge >= 0.3 is 0 Å². The van der Waals surface area contributed by atoms with Crippen LogP contribution in [0.3, 0.4) is 0 Å². The molecule has 0 aliphatic carbocycles. The summed E-state index contributed by atoms with van der Waals surface area (Å²) in [4.78, 5) is 12.6. The Morgan fingerprint density at radius 1 is 1.35 bits per heavy atom. The summed E-state index contributed by atoms with van der Waals surface area (Å²) in [6, 6.07) is 6.58. The second-order valence-electron chi connectivity index (χ2n) is 4.25. The predicted octanol–water partition coefficient (Wildman–Crippen LogP) is 1.18. The Bertz CT molecular complexity index is 738. The summed E-state index contributed by atoms with van der Waals surface area (Å²) >= 11 is 1.01. The van der Waals surface area contributed by atoms with Gasteiger partial charge in [0.1, 0.15) is 4.88 Å². The highest BCUT2D eigenvalue weighted by atomic mass is 32.2. The number of amides is 1. The van der Waals surface area contributed by atoms with Crippen molar-refractivity contribution in [2.45, 2.75) is 18.4 Å².